The van der Waals surface area contributed by atoms with E-state index in [1.54, 1.807) is 6.33 Å². The summed E-state index contributed by atoms with van der Waals surface area (Å²) in [5.41, 5.74) is 2.18. The summed E-state index contributed by atoms with van der Waals surface area (Å²) in [6, 6.07) is 10.0. The minimum absolute atomic E-state index is 0.166. The van der Waals surface area contributed by atoms with Gasteiger partial charge in [0.25, 0.3) is 0 Å². The van der Waals surface area contributed by atoms with E-state index in [4.69, 9.17) is 0 Å². The van der Waals surface area contributed by atoms with E-state index in [9.17, 15) is 8.78 Å². The Bertz CT molecular complexity index is 885. The molecule has 0 N–H and O–H groups in total. The average molecular weight is 325 g/mol. The molecule has 0 radical (unpaired) electrons. The second-order valence-corrected chi connectivity index (χ2v) is 6.23. The van der Waals surface area contributed by atoms with E-state index in [-0.39, 0.29) is 11.5 Å². The van der Waals surface area contributed by atoms with Crippen LogP contribution in [-0.4, -0.2) is 23.1 Å². The van der Waals surface area contributed by atoms with Crippen molar-refractivity contribution in [3.8, 4) is 0 Å². The van der Waals surface area contributed by atoms with Gasteiger partial charge in [-0.15, -0.1) is 0 Å². The second-order valence-electron chi connectivity index (χ2n) is 6.23. The van der Waals surface area contributed by atoms with Crippen LogP contribution in [0.3, 0.4) is 0 Å². The van der Waals surface area contributed by atoms with E-state index in [0.717, 1.165) is 28.8 Å². The van der Waals surface area contributed by atoms with E-state index >= 15 is 0 Å². The number of benzene rings is 2. The van der Waals surface area contributed by atoms with Crippen LogP contribution in [0.15, 0.2) is 42.7 Å². The number of hydrogen-bond acceptors (Lipinski definition) is 3. The highest BCUT2D eigenvalue weighted by atomic mass is 19.1. The first-order valence-electron chi connectivity index (χ1n) is 8.04. The Kier molecular flexibility index (Phi) is 3.63. The molecule has 1 saturated heterocycles. The topological polar surface area (TPSA) is 29.0 Å². The zero-order valence-electron chi connectivity index (χ0n) is 13.3. The predicted octanol–water partition coefficient (Wildman–Crippen LogP) is 4.21. The molecule has 1 fully saturated rings. The average Bonchev–Trinajstić information content (AvgIpc) is 3.04. The van der Waals surface area contributed by atoms with Crippen LogP contribution in [0, 0.1) is 18.6 Å². The van der Waals surface area contributed by atoms with Crippen molar-refractivity contribution in [2.24, 2.45) is 0 Å². The third-order valence-electron chi connectivity index (χ3n) is 4.75. The van der Waals surface area contributed by atoms with Crippen LogP contribution in [0.2, 0.25) is 0 Å². The van der Waals surface area contributed by atoms with Gasteiger partial charge >= 0.3 is 0 Å². The molecule has 0 saturated carbocycles. The van der Waals surface area contributed by atoms with Gasteiger partial charge in [-0.2, -0.15) is 0 Å². The highest BCUT2D eigenvalue weighted by Gasteiger charge is 2.30. The van der Waals surface area contributed by atoms with Crippen molar-refractivity contribution in [3.05, 3.63) is 65.5 Å². The lowest BCUT2D eigenvalue weighted by Gasteiger charge is -2.20. The molecule has 0 spiro atoms. The summed E-state index contributed by atoms with van der Waals surface area (Å²) in [6.45, 7) is 3.30. The lowest BCUT2D eigenvalue weighted by atomic mass is 9.97. The van der Waals surface area contributed by atoms with Gasteiger partial charge < -0.3 is 4.90 Å². The number of halogens is 2. The molecule has 1 atom stereocenters. The largest absolute Gasteiger partial charge is 0.355 e. The molecular weight excluding hydrogens is 308 g/mol. The molecule has 5 heteroatoms. The first-order valence-corrected chi connectivity index (χ1v) is 8.04. The lowest BCUT2D eigenvalue weighted by Crippen LogP contribution is -2.21. The summed E-state index contributed by atoms with van der Waals surface area (Å²) < 4.78 is 28.1. The minimum Gasteiger partial charge on any atom is -0.355 e. The Morgan fingerprint density at radius 2 is 1.79 bits per heavy atom. The Balaban J connectivity index is 1.71. The molecule has 2 aromatic carbocycles. The first-order chi connectivity index (χ1) is 11.6. The molecule has 24 heavy (non-hydrogen) atoms. The van der Waals surface area contributed by atoms with Crippen LogP contribution in [0.5, 0.6) is 0 Å². The molecule has 0 bridgehead atoms. The monoisotopic (exact) mass is 325 g/mol. The van der Waals surface area contributed by atoms with Crippen molar-refractivity contribution >= 4 is 16.7 Å². The maximum atomic E-state index is 14.1. The van der Waals surface area contributed by atoms with Gasteiger partial charge in [0.2, 0.25) is 0 Å². The summed E-state index contributed by atoms with van der Waals surface area (Å²) in [6.07, 6.45) is 2.25. The van der Waals surface area contributed by atoms with E-state index < -0.39 is 11.6 Å². The summed E-state index contributed by atoms with van der Waals surface area (Å²) in [7, 11) is 0. The number of nitrogens with zero attached hydrogens (tertiary/aromatic N) is 3. The van der Waals surface area contributed by atoms with Crippen LogP contribution in [0.4, 0.5) is 14.6 Å². The normalized spacial score (nSPS) is 17.6. The second kappa shape index (κ2) is 5.82. The van der Waals surface area contributed by atoms with E-state index in [1.165, 1.54) is 18.2 Å². The summed E-state index contributed by atoms with van der Waals surface area (Å²) in [5.74, 6) is -0.256. The van der Waals surface area contributed by atoms with Crippen LogP contribution in [0.25, 0.3) is 10.9 Å². The van der Waals surface area contributed by atoms with Crippen molar-refractivity contribution in [2.45, 2.75) is 19.3 Å². The first kappa shape index (κ1) is 15.0. The van der Waals surface area contributed by atoms with Gasteiger partial charge in [0.1, 0.15) is 23.8 Å². The zero-order valence-corrected chi connectivity index (χ0v) is 13.3. The molecule has 4 rings (SSSR count). The number of aromatic nitrogens is 2. The number of aryl methyl sites for hydroxylation is 1. The molecular formula is C19H17F2N3. The molecule has 1 unspecified atom stereocenters. The minimum atomic E-state index is -0.467. The summed E-state index contributed by atoms with van der Waals surface area (Å²) in [5, 5.41) is 1.01. The fourth-order valence-electron chi connectivity index (χ4n) is 3.59. The van der Waals surface area contributed by atoms with Crippen molar-refractivity contribution < 1.29 is 8.78 Å². The quantitative estimate of drug-likeness (QED) is 0.707. The molecule has 3 aromatic rings. The molecule has 1 aromatic heterocycles. The highest BCUT2D eigenvalue weighted by Crippen LogP contribution is 2.35. The molecule has 0 aliphatic carbocycles. The summed E-state index contributed by atoms with van der Waals surface area (Å²) in [4.78, 5) is 10.9. The predicted molar refractivity (Wildman–Crippen MR) is 90.2 cm³/mol. The smallest absolute Gasteiger partial charge is 0.140 e. The third kappa shape index (κ3) is 2.40. The highest BCUT2D eigenvalue weighted by molar-refractivity contribution is 5.92. The maximum Gasteiger partial charge on any atom is 0.140 e. The summed E-state index contributed by atoms with van der Waals surface area (Å²) >= 11 is 0. The molecule has 3 nitrogen and oxygen atoms in total. The van der Waals surface area contributed by atoms with Crippen LogP contribution >= 0.6 is 0 Å². The third-order valence-corrected chi connectivity index (χ3v) is 4.75. The lowest BCUT2D eigenvalue weighted by molar-refractivity contribution is 0.533. The van der Waals surface area contributed by atoms with Gasteiger partial charge in [-0.05, 0) is 37.1 Å². The Morgan fingerprint density at radius 3 is 2.58 bits per heavy atom. The number of rotatable bonds is 2. The number of fused-ring (bicyclic) bond motifs is 1. The number of anilines is 1. The van der Waals surface area contributed by atoms with Crippen molar-refractivity contribution in [1.29, 1.82) is 0 Å². The van der Waals surface area contributed by atoms with Gasteiger partial charge in [-0.1, -0.05) is 18.2 Å². The Labute approximate surface area is 139 Å². The molecule has 0 amide bonds. The van der Waals surface area contributed by atoms with Crippen LogP contribution in [0.1, 0.15) is 23.5 Å². The van der Waals surface area contributed by atoms with Gasteiger partial charge in [-0.25, -0.2) is 18.7 Å². The zero-order chi connectivity index (χ0) is 16.7. The molecule has 2 heterocycles. The molecule has 122 valence electrons. The van der Waals surface area contributed by atoms with E-state index in [1.807, 2.05) is 25.1 Å². The van der Waals surface area contributed by atoms with Gasteiger partial charge in [-0.3, -0.25) is 0 Å². The SMILES string of the molecule is Cc1cccc2ncnc(N3CCC(c4c(F)cccc4F)C3)c12. The molecule has 1 aliphatic heterocycles. The van der Waals surface area contributed by atoms with Gasteiger partial charge in [0.05, 0.1) is 5.52 Å². The van der Waals surface area contributed by atoms with Gasteiger partial charge in [0.15, 0.2) is 0 Å². The Morgan fingerprint density at radius 1 is 1.04 bits per heavy atom. The van der Waals surface area contributed by atoms with Crippen molar-refractivity contribution in [3.63, 3.8) is 0 Å². The fourth-order valence-corrected chi connectivity index (χ4v) is 3.59. The van der Waals surface area contributed by atoms with Crippen LogP contribution in [-0.2, 0) is 0 Å². The number of hydrogen-bond donors (Lipinski definition) is 0. The van der Waals surface area contributed by atoms with E-state index in [2.05, 4.69) is 14.9 Å². The van der Waals surface area contributed by atoms with Crippen molar-refractivity contribution in [2.75, 3.05) is 18.0 Å². The standard InChI is InChI=1S/C19H17F2N3/c1-12-4-2-7-16-17(12)19(23-11-22-16)24-9-8-13(10-24)18-14(20)5-3-6-15(18)21/h2-7,11,13H,8-10H2,1H3. The fraction of sp³-hybridized carbons (Fsp3) is 0.263. The van der Waals surface area contributed by atoms with Crippen molar-refractivity contribution in [1.82, 2.24) is 9.97 Å². The Hall–Kier alpha value is -2.56. The van der Waals surface area contributed by atoms with E-state index in [0.29, 0.717) is 13.0 Å². The maximum absolute atomic E-state index is 14.1. The van der Waals surface area contributed by atoms with Gasteiger partial charge in [0, 0.05) is 30.0 Å². The molecule has 1 aliphatic rings. The van der Waals surface area contributed by atoms with Crippen LogP contribution < -0.4 is 4.90 Å².